The molecule has 0 fully saturated rings. The molecular formula is C17H19BrN2O. The summed E-state index contributed by atoms with van der Waals surface area (Å²) in [6.07, 6.45) is 0. The fourth-order valence-electron chi connectivity index (χ4n) is 2.17. The van der Waals surface area contributed by atoms with Crippen molar-refractivity contribution in [3.63, 3.8) is 0 Å². The highest BCUT2D eigenvalue weighted by Crippen LogP contribution is 2.24. The highest BCUT2D eigenvalue weighted by atomic mass is 79.9. The molecule has 3 N–H and O–H groups in total. The van der Waals surface area contributed by atoms with Crippen LogP contribution < -0.4 is 11.1 Å². The molecule has 0 saturated heterocycles. The van der Waals surface area contributed by atoms with Gasteiger partial charge in [0, 0.05) is 4.47 Å². The summed E-state index contributed by atoms with van der Waals surface area (Å²) in [6.45, 7) is 3.67. The van der Waals surface area contributed by atoms with Crippen molar-refractivity contribution in [3.05, 3.63) is 70.2 Å². The number of hydrogen-bond donors (Lipinski definition) is 2. The van der Waals surface area contributed by atoms with Gasteiger partial charge in [0.1, 0.15) is 5.54 Å². The van der Waals surface area contributed by atoms with Gasteiger partial charge in [-0.3, -0.25) is 4.79 Å². The Morgan fingerprint density at radius 3 is 2.33 bits per heavy atom. The second-order valence-electron chi connectivity index (χ2n) is 5.29. The lowest BCUT2D eigenvalue weighted by molar-refractivity contribution is -0.126. The minimum absolute atomic E-state index is 0.125. The summed E-state index contributed by atoms with van der Waals surface area (Å²) >= 11 is 3.50. The van der Waals surface area contributed by atoms with Crippen LogP contribution in [0.4, 0.5) is 0 Å². The summed E-state index contributed by atoms with van der Waals surface area (Å²) in [4.78, 5) is 12.5. The van der Waals surface area contributed by atoms with Crippen molar-refractivity contribution in [3.8, 4) is 0 Å². The van der Waals surface area contributed by atoms with E-state index in [1.807, 2.05) is 61.5 Å². The molecule has 0 aliphatic carbocycles. The van der Waals surface area contributed by atoms with Crippen molar-refractivity contribution < 1.29 is 4.79 Å². The lowest BCUT2D eigenvalue weighted by Gasteiger charge is -2.27. The number of hydrogen-bond acceptors (Lipinski definition) is 2. The molecule has 0 spiro atoms. The number of amides is 1. The molecule has 0 aliphatic rings. The molecule has 3 nitrogen and oxygen atoms in total. The standard InChI is InChI=1S/C17H19BrN2O/c1-12(14-10-6-7-11-15(14)18)20-16(21)17(2,19)13-8-4-3-5-9-13/h3-12H,19H2,1-2H3,(H,20,21). The van der Waals surface area contributed by atoms with E-state index < -0.39 is 5.54 Å². The molecule has 1 amide bonds. The van der Waals surface area contributed by atoms with Crippen molar-refractivity contribution in [2.24, 2.45) is 5.73 Å². The van der Waals surface area contributed by atoms with E-state index in [2.05, 4.69) is 21.2 Å². The smallest absolute Gasteiger partial charge is 0.244 e. The summed E-state index contributed by atoms with van der Waals surface area (Å²) in [5.74, 6) is -0.197. The Morgan fingerprint density at radius 1 is 1.14 bits per heavy atom. The van der Waals surface area contributed by atoms with Gasteiger partial charge < -0.3 is 11.1 Å². The monoisotopic (exact) mass is 346 g/mol. The van der Waals surface area contributed by atoms with Crippen LogP contribution in [0.25, 0.3) is 0 Å². The van der Waals surface area contributed by atoms with E-state index in [9.17, 15) is 4.79 Å². The fraction of sp³-hybridized carbons (Fsp3) is 0.235. The highest BCUT2D eigenvalue weighted by Gasteiger charge is 2.31. The van der Waals surface area contributed by atoms with Gasteiger partial charge in [0.15, 0.2) is 0 Å². The van der Waals surface area contributed by atoms with Crippen LogP contribution >= 0.6 is 15.9 Å². The highest BCUT2D eigenvalue weighted by molar-refractivity contribution is 9.10. The topological polar surface area (TPSA) is 55.1 Å². The SMILES string of the molecule is CC(NC(=O)C(C)(N)c1ccccc1)c1ccccc1Br. The molecule has 0 heterocycles. The van der Waals surface area contributed by atoms with Gasteiger partial charge >= 0.3 is 0 Å². The molecule has 0 saturated carbocycles. The second-order valence-corrected chi connectivity index (χ2v) is 6.14. The Bertz CT molecular complexity index is 626. The van der Waals surface area contributed by atoms with E-state index in [1.165, 1.54) is 0 Å². The quantitative estimate of drug-likeness (QED) is 0.889. The first kappa shape index (κ1) is 15.7. The van der Waals surface area contributed by atoms with E-state index in [4.69, 9.17) is 5.73 Å². The number of nitrogens with two attached hydrogens (primary N) is 1. The predicted molar refractivity (Wildman–Crippen MR) is 88.7 cm³/mol. The van der Waals surface area contributed by atoms with E-state index >= 15 is 0 Å². The summed E-state index contributed by atoms with van der Waals surface area (Å²) in [5, 5.41) is 2.98. The van der Waals surface area contributed by atoms with Gasteiger partial charge in [-0.15, -0.1) is 0 Å². The van der Waals surface area contributed by atoms with Gasteiger partial charge in [0.05, 0.1) is 6.04 Å². The molecule has 0 radical (unpaired) electrons. The third kappa shape index (κ3) is 3.52. The van der Waals surface area contributed by atoms with Crippen molar-refractivity contribution >= 4 is 21.8 Å². The lowest BCUT2D eigenvalue weighted by atomic mass is 9.91. The molecule has 0 bridgehead atoms. The van der Waals surface area contributed by atoms with Gasteiger partial charge in [0.2, 0.25) is 5.91 Å². The summed E-state index contributed by atoms with van der Waals surface area (Å²) in [7, 11) is 0. The van der Waals surface area contributed by atoms with Crippen molar-refractivity contribution in [2.75, 3.05) is 0 Å². The number of rotatable bonds is 4. The summed E-state index contributed by atoms with van der Waals surface area (Å²) < 4.78 is 0.969. The molecule has 4 heteroatoms. The summed E-state index contributed by atoms with van der Waals surface area (Å²) in [5.41, 5.74) is 6.98. The van der Waals surface area contributed by atoms with Crippen LogP contribution in [-0.4, -0.2) is 5.91 Å². The van der Waals surface area contributed by atoms with E-state index in [1.54, 1.807) is 6.92 Å². The van der Waals surface area contributed by atoms with Gasteiger partial charge in [-0.05, 0) is 31.0 Å². The van der Waals surface area contributed by atoms with Gasteiger partial charge in [-0.25, -0.2) is 0 Å². The first-order valence-corrected chi connectivity index (χ1v) is 7.62. The molecule has 2 aromatic carbocycles. The minimum Gasteiger partial charge on any atom is -0.348 e. The maximum Gasteiger partial charge on any atom is 0.244 e. The average Bonchev–Trinajstić information content (AvgIpc) is 2.48. The van der Waals surface area contributed by atoms with E-state index in [-0.39, 0.29) is 11.9 Å². The van der Waals surface area contributed by atoms with E-state index in [0.717, 1.165) is 15.6 Å². The molecule has 2 aromatic rings. The fourth-order valence-corrected chi connectivity index (χ4v) is 2.79. The van der Waals surface area contributed by atoms with Crippen LogP contribution in [0.15, 0.2) is 59.1 Å². The molecule has 21 heavy (non-hydrogen) atoms. The minimum atomic E-state index is -1.06. The van der Waals surface area contributed by atoms with Gasteiger partial charge in [-0.1, -0.05) is 64.5 Å². The van der Waals surface area contributed by atoms with Crippen molar-refractivity contribution in [1.82, 2.24) is 5.32 Å². The zero-order chi connectivity index (χ0) is 15.5. The molecule has 2 rings (SSSR count). The third-order valence-corrected chi connectivity index (χ3v) is 4.29. The van der Waals surface area contributed by atoms with Gasteiger partial charge in [0.25, 0.3) is 0 Å². The number of halogens is 1. The zero-order valence-corrected chi connectivity index (χ0v) is 13.7. The van der Waals surface area contributed by atoms with Crippen LogP contribution in [0, 0.1) is 0 Å². The average molecular weight is 347 g/mol. The number of carbonyl (C=O) groups excluding carboxylic acids is 1. The van der Waals surface area contributed by atoms with E-state index in [0.29, 0.717) is 0 Å². The lowest BCUT2D eigenvalue weighted by Crippen LogP contribution is -2.49. The Hall–Kier alpha value is -1.65. The number of carbonyl (C=O) groups is 1. The Kier molecular flexibility index (Phi) is 4.80. The Morgan fingerprint density at radius 2 is 1.71 bits per heavy atom. The third-order valence-electron chi connectivity index (χ3n) is 3.56. The molecule has 2 unspecified atom stereocenters. The normalized spacial score (nSPS) is 15.0. The maximum absolute atomic E-state index is 12.5. The molecule has 0 aliphatic heterocycles. The van der Waals surface area contributed by atoms with Crippen molar-refractivity contribution in [1.29, 1.82) is 0 Å². The first-order valence-electron chi connectivity index (χ1n) is 6.82. The first-order chi connectivity index (χ1) is 9.93. The molecular weight excluding hydrogens is 328 g/mol. The van der Waals surface area contributed by atoms with Crippen LogP contribution in [0.1, 0.15) is 31.0 Å². The second kappa shape index (κ2) is 6.41. The van der Waals surface area contributed by atoms with Crippen molar-refractivity contribution in [2.45, 2.75) is 25.4 Å². The Labute approximate surface area is 133 Å². The number of benzene rings is 2. The number of nitrogens with one attached hydrogen (secondary N) is 1. The summed E-state index contributed by atoms with van der Waals surface area (Å²) in [6, 6.07) is 17.1. The van der Waals surface area contributed by atoms with Crippen LogP contribution in [0.3, 0.4) is 0 Å². The van der Waals surface area contributed by atoms with Crippen LogP contribution in [0.5, 0.6) is 0 Å². The van der Waals surface area contributed by atoms with Gasteiger partial charge in [-0.2, -0.15) is 0 Å². The molecule has 2 atom stereocenters. The maximum atomic E-state index is 12.5. The predicted octanol–water partition coefficient (Wildman–Crippen LogP) is 3.50. The Balaban J connectivity index is 2.16. The van der Waals surface area contributed by atoms with Crippen LogP contribution in [0.2, 0.25) is 0 Å². The molecule has 0 aromatic heterocycles. The zero-order valence-electron chi connectivity index (χ0n) is 12.1. The largest absolute Gasteiger partial charge is 0.348 e. The molecule has 110 valence electrons. The van der Waals surface area contributed by atoms with Crippen LogP contribution in [-0.2, 0) is 10.3 Å².